The molecular weight excluding hydrogens is 331 g/mol. The van der Waals surface area contributed by atoms with Crippen LogP contribution < -0.4 is 0 Å². The molecule has 2 aliphatic heterocycles. The van der Waals surface area contributed by atoms with E-state index in [4.69, 9.17) is 11.6 Å². The molecule has 1 aromatic carbocycles. The number of benzene rings is 1. The van der Waals surface area contributed by atoms with Crippen LogP contribution >= 0.6 is 11.6 Å². The number of nitrogens with zero attached hydrogens (tertiary/aromatic N) is 2. The van der Waals surface area contributed by atoms with E-state index in [1.54, 1.807) is 4.90 Å². The van der Waals surface area contributed by atoms with Gasteiger partial charge in [-0.25, -0.2) is 4.39 Å². The number of halogens is 2. The second kappa shape index (κ2) is 7.81. The molecule has 1 N–H and O–H groups in total. The fraction of sp³-hybridized carbons (Fsp3) is 0.611. The number of likely N-dealkylation sites (tertiary alicyclic amines) is 2. The summed E-state index contributed by atoms with van der Waals surface area (Å²) in [6.45, 7) is 4.16. The smallest absolute Gasteiger partial charge is 0.256 e. The average Bonchev–Trinajstić information content (AvgIpc) is 3.00. The fourth-order valence-corrected chi connectivity index (χ4v) is 4.00. The summed E-state index contributed by atoms with van der Waals surface area (Å²) in [5, 5.41) is 10.0. The van der Waals surface area contributed by atoms with E-state index in [1.807, 2.05) is 0 Å². The predicted molar refractivity (Wildman–Crippen MR) is 91.7 cm³/mol. The van der Waals surface area contributed by atoms with Crippen LogP contribution in [0.3, 0.4) is 0 Å². The van der Waals surface area contributed by atoms with E-state index in [-0.39, 0.29) is 29.9 Å². The van der Waals surface area contributed by atoms with Crippen molar-refractivity contribution < 1.29 is 14.3 Å². The summed E-state index contributed by atoms with van der Waals surface area (Å²) in [4.78, 5) is 16.7. The van der Waals surface area contributed by atoms with Gasteiger partial charge < -0.3 is 14.9 Å². The van der Waals surface area contributed by atoms with Crippen molar-refractivity contribution in [2.24, 2.45) is 11.8 Å². The van der Waals surface area contributed by atoms with Gasteiger partial charge in [-0.15, -0.1) is 0 Å². The van der Waals surface area contributed by atoms with Crippen LogP contribution in [0.5, 0.6) is 0 Å². The lowest BCUT2D eigenvalue weighted by atomic mass is 9.95. The van der Waals surface area contributed by atoms with Crippen molar-refractivity contribution >= 4 is 17.5 Å². The van der Waals surface area contributed by atoms with E-state index in [1.165, 1.54) is 37.5 Å². The molecule has 2 atom stereocenters. The molecule has 2 heterocycles. The van der Waals surface area contributed by atoms with Gasteiger partial charge in [-0.1, -0.05) is 18.0 Å². The largest absolute Gasteiger partial charge is 0.396 e. The Morgan fingerprint density at radius 3 is 2.62 bits per heavy atom. The zero-order valence-electron chi connectivity index (χ0n) is 13.8. The minimum atomic E-state index is -0.551. The van der Waals surface area contributed by atoms with Crippen LogP contribution in [0.2, 0.25) is 5.02 Å². The van der Waals surface area contributed by atoms with Gasteiger partial charge in [0.2, 0.25) is 0 Å². The summed E-state index contributed by atoms with van der Waals surface area (Å²) >= 11 is 5.90. The Labute approximate surface area is 147 Å². The molecule has 132 valence electrons. The normalized spacial score (nSPS) is 25.2. The third kappa shape index (κ3) is 3.90. The number of aliphatic hydroxyl groups is 1. The quantitative estimate of drug-likeness (QED) is 0.904. The molecule has 0 aliphatic carbocycles. The van der Waals surface area contributed by atoms with Gasteiger partial charge in [-0.3, -0.25) is 4.79 Å². The van der Waals surface area contributed by atoms with E-state index in [0.717, 1.165) is 19.6 Å². The molecule has 2 saturated heterocycles. The molecule has 1 amide bonds. The van der Waals surface area contributed by atoms with Gasteiger partial charge in [0.1, 0.15) is 5.82 Å². The Hall–Kier alpha value is -1.17. The summed E-state index contributed by atoms with van der Waals surface area (Å²) in [5.74, 6) is -0.601. The first-order chi connectivity index (χ1) is 11.6. The summed E-state index contributed by atoms with van der Waals surface area (Å²) in [7, 11) is 0. The van der Waals surface area contributed by atoms with Gasteiger partial charge >= 0.3 is 0 Å². The first-order valence-electron chi connectivity index (χ1n) is 8.66. The zero-order chi connectivity index (χ0) is 17.1. The van der Waals surface area contributed by atoms with Crippen molar-refractivity contribution in [3.05, 3.63) is 34.6 Å². The van der Waals surface area contributed by atoms with Crippen LogP contribution in [0.4, 0.5) is 4.39 Å². The van der Waals surface area contributed by atoms with E-state index in [2.05, 4.69) is 4.90 Å². The molecule has 4 nitrogen and oxygen atoms in total. The highest BCUT2D eigenvalue weighted by molar-refractivity contribution is 6.31. The highest BCUT2D eigenvalue weighted by Crippen LogP contribution is 2.27. The van der Waals surface area contributed by atoms with E-state index in [9.17, 15) is 14.3 Å². The number of carbonyl (C=O) groups excluding carboxylic acids is 1. The molecule has 2 aliphatic rings. The van der Waals surface area contributed by atoms with Gasteiger partial charge in [0.05, 0.1) is 5.56 Å². The number of hydrogen-bond acceptors (Lipinski definition) is 3. The molecule has 24 heavy (non-hydrogen) atoms. The molecule has 6 heteroatoms. The SMILES string of the molecule is O=C(c1cc(Cl)ccc1F)N1C[C@@H](CN2CCCCC2)[C@@H](CO)C1. The van der Waals surface area contributed by atoms with Crippen molar-refractivity contribution in [1.82, 2.24) is 9.80 Å². The molecule has 0 unspecified atom stereocenters. The van der Waals surface area contributed by atoms with E-state index >= 15 is 0 Å². The molecule has 0 bridgehead atoms. The minimum absolute atomic E-state index is 0.0119. The van der Waals surface area contributed by atoms with Crippen LogP contribution in [-0.2, 0) is 0 Å². The summed E-state index contributed by atoms with van der Waals surface area (Å²) in [6.07, 6.45) is 3.71. The minimum Gasteiger partial charge on any atom is -0.396 e. The van der Waals surface area contributed by atoms with Gasteiger partial charge in [-0.2, -0.15) is 0 Å². The van der Waals surface area contributed by atoms with E-state index in [0.29, 0.717) is 18.1 Å². The molecule has 0 spiro atoms. The second-order valence-corrected chi connectivity index (χ2v) is 7.33. The number of rotatable bonds is 4. The Morgan fingerprint density at radius 2 is 1.92 bits per heavy atom. The van der Waals surface area contributed by atoms with Crippen molar-refractivity contribution in [1.29, 1.82) is 0 Å². The van der Waals surface area contributed by atoms with Crippen molar-refractivity contribution in [3.63, 3.8) is 0 Å². The Morgan fingerprint density at radius 1 is 1.21 bits per heavy atom. The third-order valence-electron chi connectivity index (χ3n) is 5.20. The topological polar surface area (TPSA) is 43.8 Å². The number of piperidine rings is 1. The Balaban J connectivity index is 1.68. The zero-order valence-corrected chi connectivity index (χ0v) is 14.5. The predicted octanol–water partition coefficient (Wildman–Crippen LogP) is 2.65. The molecule has 3 rings (SSSR count). The number of hydrogen-bond donors (Lipinski definition) is 1. The lowest BCUT2D eigenvalue weighted by molar-refractivity contribution is 0.0774. The monoisotopic (exact) mass is 354 g/mol. The highest BCUT2D eigenvalue weighted by Gasteiger charge is 2.36. The number of aliphatic hydroxyl groups excluding tert-OH is 1. The molecule has 1 aromatic rings. The van der Waals surface area contributed by atoms with Crippen molar-refractivity contribution in [2.75, 3.05) is 39.3 Å². The molecule has 0 radical (unpaired) electrons. The summed E-state index contributed by atoms with van der Waals surface area (Å²) in [5.41, 5.74) is 0.0119. The number of amides is 1. The first-order valence-corrected chi connectivity index (χ1v) is 9.04. The highest BCUT2D eigenvalue weighted by atomic mass is 35.5. The van der Waals surface area contributed by atoms with Crippen LogP contribution in [-0.4, -0.2) is 60.1 Å². The molecule has 0 aromatic heterocycles. The Bertz CT molecular complexity index is 592. The van der Waals surface area contributed by atoms with Crippen LogP contribution in [0.1, 0.15) is 29.6 Å². The molecule has 2 fully saturated rings. The lowest BCUT2D eigenvalue weighted by Gasteiger charge is -2.30. The van der Waals surface area contributed by atoms with Gasteiger partial charge in [0, 0.05) is 37.2 Å². The van der Waals surface area contributed by atoms with Crippen molar-refractivity contribution in [3.8, 4) is 0 Å². The van der Waals surface area contributed by atoms with Gasteiger partial charge in [0.25, 0.3) is 5.91 Å². The summed E-state index contributed by atoms with van der Waals surface area (Å²) < 4.78 is 14.0. The van der Waals surface area contributed by atoms with Crippen molar-refractivity contribution in [2.45, 2.75) is 19.3 Å². The third-order valence-corrected chi connectivity index (χ3v) is 5.43. The van der Waals surface area contributed by atoms with Crippen LogP contribution in [0.15, 0.2) is 18.2 Å². The van der Waals surface area contributed by atoms with E-state index < -0.39 is 5.82 Å². The second-order valence-electron chi connectivity index (χ2n) is 6.90. The number of carbonyl (C=O) groups is 1. The summed E-state index contributed by atoms with van der Waals surface area (Å²) in [6, 6.07) is 4.04. The van der Waals surface area contributed by atoms with Crippen LogP contribution in [0, 0.1) is 17.7 Å². The first kappa shape index (κ1) is 17.6. The standard InChI is InChI=1S/C18H24ClFN2O2/c19-15-4-5-17(20)16(8-15)18(24)22-10-13(14(11-22)12-23)9-21-6-2-1-3-7-21/h4-5,8,13-14,23H,1-3,6-7,9-12H2/t13-,14-/m1/s1. The molecular formula is C18H24ClFN2O2. The maximum atomic E-state index is 14.0. The maximum Gasteiger partial charge on any atom is 0.256 e. The molecule has 0 saturated carbocycles. The van der Waals surface area contributed by atoms with Gasteiger partial charge in [0.15, 0.2) is 0 Å². The maximum absolute atomic E-state index is 14.0. The fourth-order valence-electron chi connectivity index (χ4n) is 3.82. The average molecular weight is 355 g/mol. The van der Waals surface area contributed by atoms with Gasteiger partial charge in [-0.05, 0) is 50.0 Å². The van der Waals surface area contributed by atoms with Crippen LogP contribution in [0.25, 0.3) is 0 Å². The Kier molecular flexibility index (Phi) is 5.74. The lowest BCUT2D eigenvalue weighted by Crippen LogP contribution is -2.37.